The molecule has 0 fully saturated rings. The van der Waals surface area contributed by atoms with Gasteiger partial charge in [-0.05, 0) is 23.8 Å². The van der Waals surface area contributed by atoms with Crippen molar-refractivity contribution in [3.05, 3.63) is 35.9 Å². The van der Waals surface area contributed by atoms with Crippen molar-refractivity contribution in [2.45, 2.75) is 44.9 Å². The maximum Gasteiger partial charge on any atom is 0.0395 e. The normalized spacial score (nSPS) is 13.9. The van der Waals surface area contributed by atoms with Crippen molar-refractivity contribution in [2.75, 3.05) is 0 Å². The van der Waals surface area contributed by atoms with E-state index >= 15 is 0 Å². The number of rotatable bonds is 4. The van der Waals surface area contributed by atoms with E-state index in [1.54, 1.807) is 0 Å². The number of hydrogen-bond donors (Lipinski definition) is 0. The lowest BCUT2D eigenvalue weighted by atomic mass is 9.89. The first-order valence-electron chi connectivity index (χ1n) is 5.68. The highest BCUT2D eigenvalue weighted by atomic mass is 79.9. The van der Waals surface area contributed by atoms with Gasteiger partial charge in [0, 0.05) is 4.83 Å². The summed E-state index contributed by atoms with van der Waals surface area (Å²) < 4.78 is 0. The summed E-state index contributed by atoms with van der Waals surface area (Å²) >= 11 is 3.75. The lowest BCUT2D eigenvalue weighted by molar-refractivity contribution is 0.360. The van der Waals surface area contributed by atoms with Crippen molar-refractivity contribution in [1.82, 2.24) is 0 Å². The Morgan fingerprint density at radius 2 is 1.73 bits per heavy atom. The molecule has 0 heterocycles. The van der Waals surface area contributed by atoms with Crippen LogP contribution in [0.3, 0.4) is 0 Å². The number of alkyl halides is 1. The van der Waals surface area contributed by atoms with Gasteiger partial charge in [0.1, 0.15) is 0 Å². The standard InChI is InChI=1S/C14H21Br/c1-14(2,3)11-7-10-13(15)12-8-5-4-6-9-12/h4-6,8-9,13H,7,10-11H2,1-3H3. The minimum Gasteiger partial charge on any atom is -0.0839 e. The summed E-state index contributed by atoms with van der Waals surface area (Å²) in [5.41, 5.74) is 1.86. The summed E-state index contributed by atoms with van der Waals surface area (Å²) in [6.45, 7) is 6.91. The molecule has 1 rings (SSSR count). The fourth-order valence-corrected chi connectivity index (χ4v) is 2.27. The van der Waals surface area contributed by atoms with Gasteiger partial charge in [-0.2, -0.15) is 0 Å². The van der Waals surface area contributed by atoms with Crippen molar-refractivity contribution in [3.63, 3.8) is 0 Å². The van der Waals surface area contributed by atoms with E-state index < -0.39 is 0 Å². The van der Waals surface area contributed by atoms with Crippen molar-refractivity contribution in [2.24, 2.45) is 5.41 Å². The molecular formula is C14H21Br. The van der Waals surface area contributed by atoms with Crippen LogP contribution < -0.4 is 0 Å². The van der Waals surface area contributed by atoms with Gasteiger partial charge in [-0.15, -0.1) is 0 Å². The Bertz CT molecular complexity index is 271. The van der Waals surface area contributed by atoms with E-state index in [9.17, 15) is 0 Å². The summed E-state index contributed by atoms with van der Waals surface area (Å²) in [4.78, 5) is 0.515. The van der Waals surface area contributed by atoms with Gasteiger partial charge < -0.3 is 0 Å². The zero-order valence-corrected chi connectivity index (χ0v) is 11.5. The molecular weight excluding hydrogens is 248 g/mol. The molecule has 1 heteroatoms. The molecule has 0 saturated carbocycles. The van der Waals surface area contributed by atoms with Crippen molar-refractivity contribution >= 4 is 15.9 Å². The number of benzene rings is 1. The predicted octanol–water partition coefficient (Wildman–Crippen LogP) is 5.34. The summed E-state index contributed by atoms with van der Waals surface area (Å²) in [7, 11) is 0. The van der Waals surface area contributed by atoms with Crippen molar-refractivity contribution < 1.29 is 0 Å². The lowest BCUT2D eigenvalue weighted by Gasteiger charge is -2.19. The molecule has 0 spiro atoms. The summed E-state index contributed by atoms with van der Waals surface area (Å²) in [6.07, 6.45) is 3.80. The first kappa shape index (κ1) is 12.8. The molecule has 0 nitrogen and oxygen atoms in total. The van der Waals surface area contributed by atoms with Crippen LogP contribution >= 0.6 is 15.9 Å². The first-order valence-corrected chi connectivity index (χ1v) is 6.60. The van der Waals surface area contributed by atoms with Crippen LogP contribution in [0.4, 0.5) is 0 Å². The quantitative estimate of drug-likeness (QED) is 0.647. The maximum absolute atomic E-state index is 3.75. The molecule has 84 valence electrons. The number of halogens is 1. The molecule has 1 aromatic carbocycles. The Balaban J connectivity index is 2.34. The van der Waals surface area contributed by atoms with Crippen LogP contribution in [-0.2, 0) is 0 Å². The molecule has 1 atom stereocenters. The molecule has 0 bridgehead atoms. The molecule has 0 radical (unpaired) electrons. The number of hydrogen-bond acceptors (Lipinski definition) is 0. The molecule has 0 aliphatic rings. The van der Waals surface area contributed by atoms with E-state index in [-0.39, 0.29) is 0 Å². The maximum atomic E-state index is 3.75. The van der Waals surface area contributed by atoms with E-state index in [1.807, 2.05) is 0 Å². The fourth-order valence-electron chi connectivity index (χ4n) is 1.64. The van der Waals surface area contributed by atoms with Gasteiger partial charge in [-0.3, -0.25) is 0 Å². The van der Waals surface area contributed by atoms with Gasteiger partial charge in [-0.1, -0.05) is 73.5 Å². The van der Waals surface area contributed by atoms with Gasteiger partial charge in [0.05, 0.1) is 0 Å². The molecule has 1 aromatic rings. The second-order valence-electron chi connectivity index (χ2n) is 5.33. The van der Waals surface area contributed by atoms with Crippen LogP contribution in [-0.4, -0.2) is 0 Å². The van der Waals surface area contributed by atoms with Gasteiger partial charge in [-0.25, -0.2) is 0 Å². The second-order valence-corrected chi connectivity index (χ2v) is 6.44. The Morgan fingerprint density at radius 3 is 2.27 bits per heavy atom. The highest BCUT2D eigenvalue weighted by Crippen LogP contribution is 2.31. The second kappa shape index (κ2) is 5.69. The van der Waals surface area contributed by atoms with Crippen molar-refractivity contribution in [1.29, 1.82) is 0 Å². The van der Waals surface area contributed by atoms with Crippen LogP contribution in [0.2, 0.25) is 0 Å². The smallest absolute Gasteiger partial charge is 0.0395 e. The van der Waals surface area contributed by atoms with E-state index in [2.05, 4.69) is 67.0 Å². The molecule has 0 amide bonds. The molecule has 0 aliphatic heterocycles. The van der Waals surface area contributed by atoms with E-state index in [0.29, 0.717) is 10.2 Å². The Morgan fingerprint density at radius 1 is 1.13 bits per heavy atom. The molecule has 0 aromatic heterocycles. The Labute approximate surface area is 102 Å². The zero-order chi connectivity index (χ0) is 11.3. The van der Waals surface area contributed by atoms with E-state index in [0.717, 1.165) is 0 Å². The van der Waals surface area contributed by atoms with Crippen LogP contribution in [0, 0.1) is 5.41 Å². The van der Waals surface area contributed by atoms with E-state index in [1.165, 1.54) is 24.8 Å². The summed E-state index contributed by atoms with van der Waals surface area (Å²) in [5.74, 6) is 0. The largest absolute Gasteiger partial charge is 0.0839 e. The Kier molecular flexibility index (Phi) is 4.85. The van der Waals surface area contributed by atoms with Gasteiger partial charge in [0.25, 0.3) is 0 Å². The van der Waals surface area contributed by atoms with Crippen molar-refractivity contribution in [3.8, 4) is 0 Å². The van der Waals surface area contributed by atoms with Gasteiger partial charge >= 0.3 is 0 Å². The molecule has 0 N–H and O–H groups in total. The van der Waals surface area contributed by atoms with Crippen LogP contribution in [0.25, 0.3) is 0 Å². The van der Waals surface area contributed by atoms with Gasteiger partial charge in [0.15, 0.2) is 0 Å². The average molecular weight is 269 g/mol. The van der Waals surface area contributed by atoms with Crippen LogP contribution in [0.1, 0.15) is 50.4 Å². The van der Waals surface area contributed by atoms with Crippen LogP contribution in [0.5, 0.6) is 0 Å². The predicted molar refractivity (Wildman–Crippen MR) is 71.4 cm³/mol. The Hall–Kier alpha value is -0.300. The summed E-state index contributed by atoms with van der Waals surface area (Å²) in [5, 5.41) is 0. The monoisotopic (exact) mass is 268 g/mol. The fraction of sp³-hybridized carbons (Fsp3) is 0.571. The molecule has 0 saturated heterocycles. The molecule has 15 heavy (non-hydrogen) atoms. The van der Waals surface area contributed by atoms with Crippen LogP contribution in [0.15, 0.2) is 30.3 Å². The SMILES string of the molecule is CC(C)(C)CCCC(Br)c1ccccc1. The minimum atomic E-state index is 0.462. The average Bonchev–Trinajstić information content (AvgIpc) is 2.17. The third kappa shape index (κ3) is 5.36. The zero-order valence-electron chi connectivity index (χ0n) is 9.96. The van der Waals surface area contributed by atoms with Gasteiger partial charge in [0.2, 0.25) is 0 Å². The first-order chi connectivity index (χ1) is 6.99. The third-order valence-corrected chi connectivity index (χ3v) is 3.53. The highest BCUT2D eigenvalue weighted by Gasteiger charge is 2.12. The summed E-state index contributed by atoms with van der Waals surface area (Å²) in [6, 6.07) is 10.7. The van der Waals surface area contributed by atoms with E-state index in [4.69, 9.17) is 0 Å². The topological polar surface area (TPSA) is 0 Å². The molecule has 1 unspecified atom stereocenters. The highest BCUT2D eigenvalue weighted by molar-refractivity contribution is 9.09. The molecule has 0 aliphatic carbocycles. The third-order valence-electron chi connectivity index (χ3n) is 2.55. The lowest BCUT2D eigenvalue weighted by Crippen LogP contribution is -2.04. The minimum absolute atomic E-state index is 0.462.